The summed E-state index contributed by atoms with van der Waals surface area (Å²) in [6, 6.07) is 4.20. The normalized spacial score (nSPS) is 22.3. The first kappa shape index (κ1) is 15.1. The molecule has 0 aliphatic carbocycles. The number of carbonyl (C=O) groups is 1. The summed E-state index contributed by atoms with van der Waals surface area (Å²) < 4.78 is 5.64. The molecule has 118 valence electrons. The quantitative estimate of drug-likeness (QED) is 0.836. The van der Waals surface area contributed by atoms with E-state index in [-0.39, 0.29) is 5.91 Å². The topological polar surface area (TPSA) is 33.5 Å². The van der Waals surface area contributed by atoms with Crippen LogP contribution in [0.4, 0.5) is 0 Å². The standard InChI is InChI=1S/C19H25NO2/c1-12-5-13(2)10-20(9-12)19(21)8-16-11-22-18-7-15(4)14(3)6-17(16)18/h6-7,11-13H,5,8-10H2,1-4H3. The average molecular weight is 299 g/mol. The van der Waals surface area contributed by atoms with Crippen LogP contribution in [0.3, 0.4) is 0 Å². The van der Waals surface area contributed by atoms with Crippen molar-refractivity contribution in [3.8, 4) is 0 Å². The third-order valence-corrected chi connectivity index (χ3v) is 4.83. The molecular formula is C19H25NO2. The van der Waals surface area contributed by atoms with Gasteiger partial charge in [0.15, 0.2) is 0 Å². The van der Waals surface area contributed by atoms with Crippen LogP contribution in [0.15, 0.2) is 22.8 Å². The molecule has 3 nitrogen and oxygen atoms in total. The summed E-state index contributed by atoms with van der Waals surface area (Å²) in [4.78, 5) is 14.7. The van der Waals surface area contributed by atoms with E-state index in [0.29, 0.717) is 18.3 Å². The first-order valence-electron chi connectivity index (χ1n) is 8.19. The molecule has 3 rings (SSSR count). The number of benzene rings is 1. The van der Waals surface area contributed by atoms with E-state index in [1.807, 2.05) is 4.90 Å². The zero-order valence-electron chi connectivity index (χ0n) is 14.0. The number of hydrogen-bond acceptors (Lipinski definition) is 2. The fraction of sp³-hybridized carbons (Fsp3) is 0.526. The Morgan fingerprint density at radius 2 is 1.82 bits per heavy atom. The predicted molar refractivity (Wildman–Crippen MR) is 88.9 cm³/mol. The molecule has 0 spiro atoms. The maximum atomic E-state index is 12.6. The molecule has 1 saturated heterocycles. The molecule has 2 unspecified atom stereocenters. The van der Waals surface area contributed by atoms with E-state index in [2.05, 4.69) is 39.8 Å². The number of fused-ring (bicyclic) bond motifs is 1. The molecule has 1 aliphatic heterocycles. The lowest BCUT2D eigenvalue weighted by atomic mass is 9.91. The van der Waals surface area contributed by atoms with Gasteiger partial charge in [-0.1, -0.05) is 13.8 Å². The second kappa shape index (κ2) is 5.79. The highest BCUT2D eigenvalue weighted by Crippen LogP contribution is 2.27. The fourth-order valence-corrected chi connectivity index (χ4v) is 3.61. The van der Waals surface area contributed by atoms with E-state index in [1.165, 1.54) is 17.5 Å². The Morgan fingerprint density at radius 1 is 1.18 bits per heavy atom. The minimum Gasteiger partial charge on any atom is -0.464 e. The molecule has 0 N–H and O–H groups in total. The molecule has 1 amide bonds. The van der Waals surface area contributed by atoms with Crippen molar-refractivity contribution in [2.45, 2.75) is 40.5 Å². The van der Waals surface area contributed by atoms with E-state index in [4.69, 9.17) is 4.42 Å². The molecule has 1 aromatic carbocycles. The van der Waals surface area contributed by atoms with Crippen LogP contribution >= 0.6 is 0 Å². The lowest BCUT2D eigenvalue weighted by Crippen LogP contribution is -2.43. The van der Waals surface area contributed by atoms with Gasteiger partial charge in [-0.2, -0.15) is 0 Å². The Bertz CT molecular complexity index is 691. The van der Waals surface area contributed by atoms with Gasteiger partial charge in [0.1, 0.15) is 5.58 Å². The van der Waals surface area contributed by atoms with E-state index < -0.39 is 0 Å². The van der Waals surface area contributed by atoms with E-state index in [9.17, 15) is 4.79 Å². The SMILES string of the molecule is Cc1cc2occ(CC(=O)N3CC(C)CC(C)C3)c2cc1C. The average Bonchev–Trinajstić information content (AvgIpc) is 2.80. The van der Waals surface area contributed by atoms with Gasteiger partial charge in [0.2, 0.25) is 5.91 Å². The van der Waals surface area contributed by atoms with Crippen LogP contribution in [0.5, 0.6) is 0 Å². The van der Waals surface area contributed by atoms with Crippen molar-refractivity contribution in [3.05, 3.63) is 35.1 Å². The van der Waals surface area contributed by atoms with Gasteiger partial charge in [0.05, 0.1) is 12.7 Å². The number of rotatable bonds is 2. The zero-order valence-corrected chi connectivity index (χ0v) is 14.0. The summed E-state index contributed by atoms with van der Waals surface area (Å²) in [6.45, 7) is 10.4. The van der Waals surface area contributed by atoms with Crippen LogP contribution in [0, 0.1) is 25.7 Å². The zero-order chi connectivity index (χ0) is 15.9. The van der Waals surface area contributed by atoms with E-state index >= 15 is 0 Å². The Balaban J connectivity index is 1.81. The number of furan rings is 1. The van der Waals surface area contributed by atoms with Crippen LogP contribution in [0.25, 0.3) is 11.0 Å². The van der Waals surface area contributed by atoms with E-state index in [1.54, 1.807) is 6.26 Å². The summed E-state index contributed by atoms with van der Waals surface area (Å²) in [7, 11) is 0. The highest BCUT2D eigenvalue weighted by atomic mass is 16.3. The molecule has 2 aromatic rings. The summed E-state index contributed by atoms with van der Waals surface area (Å²) >= 11 is 0. The summed E-state index contributed by atoms with van der Waals surface area (Å²) in [5.41, 5.74) is 4.35. The van der Waals surface area contributed by atoms with Gasteiger partial charge in [0, 0.05) is 24.0 Å². The Morgan fingerprint density at radius 3 is 2.50 bits per heavy atom. The molecular weight excluding hydrogens is 274 g/mol. The van der Waals surface area contributed by atoms with Crippen LogP contribution < -0.4 is 0 Å². The van der Waals surface area contributed by atoms with Gasteiger partial charge in [-0.25, -0.2) is 0 Å². The van der Waals surface area contributed by atoms with Crippen LogP contribution in [-0.2, 0) is 11.2 Å². The van der Waals surface area contributed by atoms with Gasteiger partial charge < -0.3 is 9.32 Å². The second-order valence-corrected chi connectivity index (χ2v) is 7.12. The molecule has 0 radical (unpaired) electrons. The number of amides is 1. The molecule has 1 fully saturated rings. The first-order chi connectivity index (χ1) is 10.4. The summed E-state index contributed by atoms with van der Waals surface area (Å²) in [6.07, 6.45) is 3.41. The number of hydrogen-bond donors (Lipinski definition) is 0. The molecule has 1 aromatic heterocycles. The minimum absolute atomic E-state index is 0.222. The molecule has 22 heavy (non-hydrogen) atoms. The fourth-order valence-electron chi connectivity index (χ4n) is 3.61. The van der Waals surface area contributed by atoms with Gasteiger partial charge in [0.25, 0.3) is 0 Å². The molecule has 2 atom stereocenters. The number of nitrogens with zero attached hydrogens (tertiary/aromatic N) is 1. The largest absolute Gasteiger partial charge is 0.464 e. The summed E-state index contributed by atoms with van der Waals surface area (Å²) in [5, 5.41) is 1.08. The van der Waals surface area contributed by atoms with Crippen molar-refractivity contribution in [1.29, 1.82) is 0 Å². The van der Waals surface area contributed by atoms with Crippen molar-refractivity contribution in [1.82, 2.24) is 4.90 Å². The highest BCUT2D eigenvalue weighted by Gasteiger charge is 2.26. The molecule has 1 aliphatic rings. The first-order valence-corrected chi connectivity index (χ1v) is 8.19. The van der Waals surface area contributed by atoms with Crippen molar-refractivity contribution >= 4 is 16.9 Å². The third-order valence-electron chi connectivity index (χ3n) is 4.83. The lowest BCUT2D eigenvalue weighted by molar-refractivity contribution is -0.133. The van der Waals surface area contributed by atoms with Gasteiger partial charge >= 0.3 is 0 Å². The van der Waals surface area contributed by atoms with Crippen molar-refractivity contribution in [3.63, 3.8) is 0 Å². The molecule has 0 bridgehead atoms. The smallest absolute Gasteiger partial charge is 0.227 e. The Kier molecular flexibility index (Phi) is 3.98. The Hall–Kier alpha value is -1.77. The third kappa shape index (κ3) is 2.90. The second-order valence-electron chi connectivity index (χ2n) is 7.12. The predicted octanol–water partition coefficient (Wildman–Crippen LogP) is 4.10. The molecule has 3 heteroatoms. The van der Waals surface area contributed by atoms with Crippen LogP contribution in [0.2, 0.25) is 0 Å². The maximum Gasteiger partial charge on any atom is 0.227 e. The maximum absolute atomic E-state index is 12.6. The van der Waals surface area contributed by atoms with Crippen molar-refractivity contribution < 1.29 is 9.21 Å². The van der Waals surface area contributed by atoms with E-state index in [0.717, 1.165) is 29.6 Å². The van der Waals surface area contributed by atoms with Gasteiger partial charge in [-0.15, -0.1) is 0 Å². The molecule has 0 saturated carbocycles. The number of aryl methyl sites for hydroxylation is 2. The monoisotopic (exact) mass is 299 g/mol. The van der Waals surface area contributed by atoms with Crippen LogP contribution in [-0.4, -0.2) is 23.9 Å². The minimum atomic E-state index is 0.222. The van der Waals surface area contributed by atoms with Crippen molar-refractivity contribution in [2.24, 2.45) is 11.8 Å². The lowest BCUT2D eigenvalue weighted by Gasteiger charge is -2.35. The summed E-state index contributed by atoms with van der Waals surface area (Å²) in [5.74, 6) is 1.41. The van der Waals surface area contributed by atoms with Crippen molar-refractivity contribution in [2.75, 3.05) is 13.1 Å². The number of likely N-dealkylation sites (tertiary alicyclic amines) is 1. The number of carbonyl (C=O) groups excluding carboxylic acids is 1. The number of piperidine rings is 1. The Labute approximate surface area is 132 Å². The molecule has 2 heterocycles. The van der Waals surface area contributed by atoms with Gasteiger partial charge in [-0.3, -0.25) is 4.79 Å². The van der Waals surface area contributed by atoms with Gasteiger partial charge in [-0.05, 0) is 55.4 Å². The highest BCUT2D eigenvalue weighted by molar-refractivity contribution is 5.88. The van der Waals surface area contributed by atoms with Crippen LogP contribution in [0.1, 0.15) is 37.0 Å².